The number of nitrogens with one attached hydrogen (secondary N) is 2. The summed E-state index contributed by atoms with van der Waals surface area (Å²) in [6.45, 7) is 4.55. The fourth-order valence-corrected chi connectivity index (χ4v) is 4.94. The Balaban J connectivity index is 1.43. The lowest BCUT2D eigenvalue weighted by atomic mass is 10.1. The molecule has 7 nitrogen and oxygen atoms in total. The Morgan fingerprint density at radius 3 is 2.88 bits per heavy atom. The number of morpholine rings is 1. The summed E-state index contributed by atoms with van der Waals surface area (Å²) < 4.78 is 26.9. The highest BCUT2D eigenvalue weighted by atomic mass is 32.1. The predicted molar refractivity (Wildman–Crippen MR) is 133 cm³/mol. The van der Waals surface area contributed by atoms with Crippen LogP contribution in [0.15, 0.2) is 47.8 Å². The maximum Gasteiger partial charge on any atom is 0.253 e. The smallest absolute Gasteiger partial charge is 0.253 e. The van der Waals surface area contributed by atoms with E-state index in [9.17, 15) is 9.18 Å². The number of rotatable bonds is 7. The van der Waals surface area contributed by atoms with Gasteiger partial charge in [-0.25, -0.2) is 9.37 Å². The molecule has 0 saturated carbocycles. The number of halogens is 1. The molecule has 1 amide bonds. The Morgan fingerprint density at radius 2 is 2.06 bits per heavy atom. The largest absolute Gasteiger partial charge is 0.492 e. The summed E-state index contributed by atoms with van der Waals surface area (Å²) in [6, 6.07) is 12.2. The predicted octanol–water partition coefficient (Wildman–Crippen LogP) is 4.40. The van der Waals surface area contributed by atoms with E-state index in [0.717, 1.165) is 48.3 Å². The average molecular weight is 481 g/mol. The van der Waals surface area contributed by atoms with Gasteiger partial charge in [0.2, 0.25) is 0 Å². The molecule has 3 heterocycles. The molecule has 0 unspecified atom stereocenters. The Morgan fingerprint density at radius 1 is 1.21 bits per heavy atom. The minimum Gasteiger partial charge on any atom is -0.492 e. The summed E-state index contributed by atoms with van der Waals surface area (Å²) in [7, 11) is 1.59. The first kappa shape index (κ1) is 22.5. The molecule has 176 valence electrons. The molecule has 1 aliphatic rings. The fourth-order valence-electron chi connectivity index (χ4n) is 4.09. The van der Waals surface area contributed by atoms with E-state index in [0.29, 0.717) is 29.3 Å². The van der Waals surface area contributed by atoms with Crippen LogP contribution in [-0.2, 0) is 4.74 Å². The van der Waals surface area contributed by atoms with Crippen LogP contribution in [0, 0.1) is 5.82 Å². The lowest BCUT2D eigenvalue weighted by Gasteiger charge is -2.26. The zero-order valence-electron chi connectivity index (χ0n) is 18.8. The van der Waals surface area contributed by atoms with Crippen molar-refractivity contribution in [3.63, 3.8) is 0 Å². The molecule has 0 radical (unpaired) electrons. The topological polar surface area (TPSA) is 75.7 Å². The highest BCUT2D eigenvalue weighted by molar-refractivity contribution is 7.18. The zero-order valence-corrected chi connectivity index (χ0v) is 19.6. The normalized spacial score (nSPS) is 14.4. The van der Waals surface area contributed by atoms with Crippen LogP contribution in [0.2, 0.25) is 0 Å². The Labute approximate surface area is 200 Å². The number of thiophene rings is 1. The van der Waals surface area contributed by atoms with E-state index < -0.39 is 5.82 Å². The summed E-state index contributed by atoms with van der Waals surface area (Å²) in [4.78, 5) is 19.5. The molecule has 0 aliphatic carbocycles. The van der Waals surface area contributed by atoms with Crippen molar-refractivity contribution in [3.05, 3.63) is 59.2 Å². The van der Waals surface area contributed by atoms with E-state index in [-0.39, 0.29) is 11.6 Å². The lowest BCUT2D eigenvalue weighted by Crippen LogP contribution is -2.38. The van der Waals surface area contributed by atoms with Crippen molar-refractivity contribution in [1.82, 2.24) is 15.2 Å². The first-order valence-electron chi connectivity index (χ1n) is 11.2. The van der Waals surface area contributed by atoms with Gasteiger partial charge in [-0.2, -0.15) is 0 Å². The average Bonchev–Trinajstić information content (AvgIpc) is 3.37. The van der Waals surface area contributed by atoms with E-state index in [1.165, 1.54) is 17.4 Å². The van der Waals surface area contributed by atoms with Gasteiger partial charge in [0.25, 0.3) is 5.91 Å². The number of para-hydroxylation sites is 1. The van der Waals surface area contributed by atoms with E-state index in [1.54, 1.807) is 25.2 Å². The quantitative estimate of drug-likeness (QED) is 0.408. The number of benzene rings is 2. The lowest BCUT2D eigenvalue weighted by molar-refractivity contribution is 0.0322. The van der Waals surface area contributed by atoms with Gasteiger partial charge in [-0.1, -0.05) is 12.1 Å². The Kier molecular flexibility index (Phi) is 6.57. The zero-order chi connectivity index (χ0) is 23.5. The summed E-state index contributed by atoms with van der Waals surface area (Å²) in [5.41, 5.74) is 1.30. The number of anilines is 2. The number of aromatic nitrogens is 1. The number of hydrogen-bond acceptors (Lipinski definition) is 7. The number of nitrogens with zero attached hydrogens (tertiary/aromatic N) is 2. The van der Waals surface area contributed by atoms with Gasteiger partial charge in [0.05, 0.1) is 34.7 Å². The van der Waals surface area contributed by atoms with Crippen molar-refractivity contribution >= 4 is 49.7 Å². The minimum absolute atomic E-state index is 0.222. The first-order chi connectivity index (χ1) is 16.6. The fraction of sp³-hybridized carbons (Fsp3) is 0.280. The number of fused-ring (bicyclic) bond motifs is 3. The van der Waals surface area contributed by atoms with Crippen molar-refractivity contribution < 1.29 is 18.7 Å². The standard InChI is InChI=1S/C25H25FN4O3S/c1-27-25(31)19-4-2-3-17-18-7-14-34-23(18)24(29-22(17)19)28-21-15-16(5-6-20(21)26)33-13-10-30-8-11-32-12-9-30/h2-7,14-15H,8-13H2,1H3,(H,27,31)(H,28,29). The van der Waals surface area contributed by atoms with Crippen LogP contribution >= 0.6 is 11.3 Å². The Hall–Kier alpha value is -3.27. The molecule has 4 aromatic rings. The molecule has 1 aliphatic heterocycles. The summed E-state index contributed by atoms with van der Waals surface area (Å²) in [6.07, 6.45) is 0. The number of carbonyl (C=O) groups excluding carboxylic acids is 1. The van der Waals surface area contributed by atoms with Crippen LogP contribution < -0.4 is 15.4 Å². The number of ether oxygens (including phenoxy) is 2. The second-order valence-corrected chi connectivity index (χ2v) is 8.89. The molecule has 5 rings (SSSR count). The molecule has 1 fully saturated rings. The van der Waals surface area contributed by atoms with Crippen LogP contribution in [0.3, 0.4) is 0 Å². The third-order valence-corrected chi connectivity index (χ3v) is 6.79. The molecule has 1 saturated heterocycles. The van der Waals surface area contributed by atoms with E-state index in [2.05, 4.69) is 15.5 Å². The van der Waals surface area contributed by atoms with Gasteiger partial charge in [0, 0.05) is 43.5 Å². The summed E-state index contributed by atoms with van der Waals surface area (Å²) in [5, 5.41) is 9.61. The monoisotopic (exact) mass is 480 g/mol. The number of carbonyl (C=O) groups is 1. The van der Waals surface area contributed by atoms with Crippen molar-refractivity contribution in [1.29, 1.82) is 0 Å². The van der Waals surface area contributed by atoms with Gasteiger partial charge in [0.15, 0.2) is 0 Å². The van der Waals surface area contributed by atoms with Crippen molar-refractivity contribution in [3.8, 4) is 5.75 Å². The Bertz CT molecular complexity index is 1340. The van der Waals surface area contributed by atoms with Crippen LogP contribution in [-0.4, -0.2) is 62.3 Å². The van der Waals surface area contributed by atoms with Gasteiger partial charge < -0.3 is 20.1 Å². The van der Waals surface area contributed by atoms with Crippen LogP contribution in [0.5, 0.6) is 5.75 Å². The second kappa shape index (κ2) is 9.92. The highest BCUT2D eigenvalue weighted by Crippen LogP contribution is 2.36. The van der Waals surface area contributed by atoms with E-state index >= 15 is 0 Å². The minimum atomic E-state index is -0.410. The summed E-state index contributed by atoms with van der Waals surface area (Å²) in [5.74, 6) is 0.442. The van der Waals surface area contributed by atoms with Gasteiger partial charge >= 0.3 is 0 Å². The third-order valence-electron chi connectivity index (χ3n) is 5.87. The van der Waals surface area contributed by atoms with Crippen molar-refractivity contribution in [2.24, 2.45) is 0 Å². The van der Waals surface area contributed by atoms with Gasteiger partial charge in [-0.3, -0.25) is 9.69 Å². The third kappa shape index (κ3) is 4.54. The number of pyridine rings is 1. The molecule has 2 aromatic heterocycles. The maximum absolute atomic E-state index is 14.7. The van der Waals surface area contributed by atoms with Crippen LogP contribution in [0.25, 0.3) is 21.0 Å². The van der Waals surface area contributed by atoms with Crippen LogP contribution in [0.4, 0.5) is 15.9 Å². The molecular formula is C25H25FN4O3S. The molecular weight excluding hydrogens is 455 g/mol. The summed E-state index contributed by atoms with van der Waals surface area (Å²) >= 11 is 1.51. The molecule has 34 heavy (non-hydrogen) atoms. The number of hydrogen-bond donors (Lipinski definition) is 2. The van der Waals surface area contributed by atoms with Gasteiger partial charge in [0.1, 0.15) is 24.0 Å². The second-order valence-electron chi connectivity index (χ2n) is 7.97. The van der Waals surface area contributed by atoms with Crippen molar-refractivity contribution in [2.45, 2.75) is 0 Å². The molecule has 0 atom stereocenters. The molecule has 0 spiro atoms. The molecule has 2 N–H and O–H groups in total. The van der Waals surface area contributed by atoms with Crippen LogP contribution in [0.1, 0.15) is 10.4 Å². The van der Waals surface area contributed by atoms with Crippen molar-refractivity contribution in [2.75, 3.05) is 51.8 Å². The molecule has 2 aromatic carbocycles. The maximum atomic E-state index is 14.7. The van der Waals surface area contributed by atoms with E-state index in [1.807, 2.05) is 23.6 Å². The number of amides is 1. The van der Waals surface area contributed by atoms with E-state index in [4.69, 9.17) is 14.5 Å². The SMILES string of the molecule is CNC(=O)c1cccc2c1nc(Nc1cc(OCCN3CCOCC3)ccc1F)c1sccc12. The highest BCUT2D eigenvalue weighted by Gasteiger charge is 2.17. The van der Waals surface area contributed by atoms with Gasteiger partial charge in [-0.05, 0) is 29.6 Å². The molecule has 0 bridgehead atoms. The first-order valence-corrected chi connectivity index (χ1v) is 12.0. The van der Waals surface area contributed by atoms with Gasteiger partial charge in [-0.15, -0.1) is 11.3 Å². The molecule has 9 heteroatoms.